The molecule has 2 aromatic rings. The Balaban J connectivity index is 1.67. The number of nitrogens with zero attached hydrogens (tertiary/aromatic N) is 1. The number of aryl methyl sites for hydroxylation is 1. The molecule has 0 radical (unpaired) electrons. The smallest absolute Gasteiger partial charge is 0.316 e. The van der Waals surface area contributed by atoms with Gasteiger partial charge in [-0.3, -0.25) is 5.32 Å². The van der Waals surface area contributed by atoms with Crippen molar-refractivity contribution in [2.24, 2.45) is 5.16 Å². The van der Waals surface area contributed by atoms with Crippen molar-refractivity contribution in [1.29, 1.82) is 0 Å². The van der Waals surface area contributed by atoms with Gasteiger partial charge in [0.2, 0.25) is 0 Å². The molecule has 0 saturated heterocycles. The van der Waals surface area contributed by atoms with Gasteiger partial charge in [0.15, 0.2) is 0 Å². The van der Waals surface area contributed by atoms with Gasteiger partial charge in [0.1, 0.15) is 6.04 Å². The third-order valence-electron chi connectivity index (χ3n) is 3.71. The van der Waals surface area contributed by atoms with E-state index in [1.54, 1.807) is 0 Å². The molecule has 0 amide bonds. The van der Waals surface area contributed by atoms with Crippen LogP contribution in [0.4, 0.5) is 0 Å². The van der Waals surface area contributed by atoms with E-state index in [4.69, 9.17) is 4.84 Å². The molecule has 112 valence electrons. The Hall–Kier alpha value is -2.46. The average Bonchev–Trinajstić information content (AvgIpc) is 2.56. The van der Waals surface area contributed by atoms with Crippen LogP contribution in [0.2, 0.25) is 0 Å². The zero-order valence-electron chi connectivity index (χ0n) is 12.5. The van der Waals surface area contributed by atoms with E-state index in [1.807, 2.05) is 61.5 Å². The summed E-state index contributed by atoms with van der Waals surface area (Å²) in [4.78, 5) is 16.8. The van der Waals surface area contributed by atoms with Crippen molar-refractivity contribution in [3.8, 4) is 0 Å². The molecule has 4 heteroatoms. The van der Waals surface area contributed by atoms with E-state index >= 15 is 0 Å². The van der Waals surface area contributed by atoms with Crippen LogP contribution in [-0.4, -0.2) is 17.7 Å². The number of oxime groups is 1. The standard InChI is InChI=1S/C18H18N2O2/c1-13-7-9-15(10-8-13)16-11-17(18(21)22-20-16)19-12-14-5-3-2-4-6-14/h2-10,17,19H,11-12H2,1H3. The van der Waals surface area contributed by atoms with E-state index in [-0.39, 0.29) is 12.0 Å². The quantitative estimate of drug-likeness (QED) is 0.882. The maximum absolute atomic E-state index is 11.9. The Morgan fingerprint density at radius 3 is 2.59 bits per heavy atom. The Morgan fingerprint density at radius 1 is 1.14 bits per heavy atom. The number of carbonyl (C=O) groups is 1. The van der Waals surface area contributed by atoms with Gasteiger partial charge in [-0.15, -0.1) is 0 Å². The Kier molecular flexibility index (Phi) is 4.30. The molecule has 1 heterocycles. The molecule has 1 aliphatic heterocycles. The van der Waals surface area contributed by atoms with E-state index in [1.165, 1.54) is 5.56 Å². The highest BCUT2D eigenvalue weighted by Gasteiger charge is 2.27. The van der Waals surface area contributed by atoms with Gasteiger partial charge in [0.25, 0.3) is 0 Å². The highest BCUT2D eigenvalue weighted by molar-refractivity contribution is 6.04. The van der Waals surface area contributed by atoms with Crippen molar-refractivity contribution >= 4 is 11.7 Å². The summed E-state index contributed by atoms with van der Waals surface area (Å²) in [6, 6.07) is 17.7. The van der Waals surface area contributed by atoms with E-state index in [0.29, 0.717) is 13.0 Å². The topological polar surface area (TPSA) is 50.7 Å². The SMILES string of the molecule is Cc1ccc(C2=NOC(=O)C(NCc3ccccc3)C2)cc1. The predicted molar refractivity (Wildman–Crippen MR) is 85.5 cm³/mol. The second-order valence-corrected chi connectivity index (χ2v) is 5.44. The van der Waals surface area contributed by atoms with Gasteiger partial charge in [0.05, 0.1) is 5.71 Å². The average molecular weight is 294 g/mol. The molecule has 1 aliphatic rings. The second kappa shape index (κ2) is 6.54. The van der Waals surface area contributed by atoms with Crippen molar-refractivity contribution in [1.82, 2.24) is 5.32 Å². The van der Waals surface area contributed by atoms with Crippen LogP contribution in [-0.2, 0) is 16.2 Å². The van der Waals surface area contributed by atoms with Gasteiger partial charge in [-0.1, -0.05) is 65.3 Å². The first-order chi connectivity index (χ1) is 10.7. The van der Waals surface area contributed by atoms with Crippen LogP contribution in [0.15, 0.2) is 59.8 Å². The highest BCUT2D eigenvalue weighted by atomic mass is 16.7. The lowest BCUT2D eigenvalue weighted by molar-refractivity contribution is -0.147. The van der Waals surface area contributed by atoms with Crippen molar-refractivity contribution in [3.05, 3.63) is 71.3 Å². The summed E-state index contributed by atoms with van der Waals surface area (Å²) < 4.78 is 0. The first-order valence-corrected chi connectivity index (χ1v) is 7.34. The molecular formula is C18H18N2O2. The fourth-order valence-corrected chi connectivity index (χ4v) is 2.39. The van der Waals surface area contributed by atoms with Crippen molar-refractivity contribution in [3.63, 3.8) is 0 Å². The molecule has 0 saturated carbocycles. The van der Waals surface area contributed by atoms with Crippen molar-refractivity contribution in [2.45, 2.75) is 25.9 Å². The van der Waals surface area contributed by atoms with Crippen LogP contribution >= 0.6 is 0 Å². The first-order valence-electron chi connectivity index (χ1n) is 7.34. The lowest BCUT2D eigenvalue weighted by Crippen LogP contribution is -2.41. The minimum absolute atomic E-state index is 0.327. The number of rotatable bonds is 4. The maximum Gasteiger partial charge on any atom is 0.352 e. The van der Waals surface area contributed by atoms with Crippen molar-refractivity contribution in [2.75, 3.05) is 0 Å². The summed E-state index contributed by atoms with van der Waals surface area (Å²) in [6.07, 6.45) is 0.536. The van der Waals surface area contributed by atoms with Crippen molar-refractivity contribution < 1.29 is 9.63 Å². The molecule has 0 aromatic heterocycles. The molecule has 0 bridgehead atoms. The number of nitrogens with one attached hydrogen (secondary N) is 1. The molecular weight excluding hydrogens is 276 g/mol. The summed E-state index contributed by atoms with van der Waals surface area (Å²) in [5.74, 6) is -0.327. The summed E-state index contributed by atoms with van der Waals surface area (Å²) in [7, 11) is 0. The number of carbonyl (C=O) groups excluding carboxylic acids is 1. The van der Waals surface area contributed by atoms with Crippen LogP contribution in [0.1, 0.15) is 23.1 Å². The summed E-state index contributed by atoms with van der Waals surface area (Å²) in [6.45, 7) is 2.67. The lowest BCUT2D eigenvalue weighted by atomic mass is 10.0. The van der Waals surface area contributed by atoms with Gasteiger partial charge in [-0.05, 0) is 18.1 Å². The van der Waals surface area contributed by atoms with Gasteiger partial charge < -0.3 is 4.84 Å². The van der Waals surface area contributed by atoms with Gasteiger partial charge >= 0.3 is 5.97 Å². The third-order valence-corrected chi connectivity index (χ3v) is 3.71. The molecule has 22 heavy (non-hydrogen) atoms. The molecule has 0 spiro atoms. The largest absolute Gasteiger partial charge is 0.352 e. The first kappa shape index (κ1) is 14.5. The van der Waals surface area contributed by atoms with Crippen LogP contribution in [0.5, 0.6) is 0 Å². The number of hydrogen-bond donors (Lipinski definition) is 1. The molecule has 2 aromatic carbocycles. The number of benzene rings is 2. The summed E-state index contributed by atoms with van der Waals surface area (Å²) in [5, 5.41) is 7.19. The molecule has 1 unspecified atom stereocenters. The van der Waals surface area contributed by atoms with E-state index in [0.717, 1.165) is 16.8 Å². The van der Waals surface area contributed by atoms with Gasteiger partial charge in [-0.25, -0.2) is 4.79 Å². The molecule has 4 nitrogen and oxygen atoms in total. The van der Waals surface area contributed by atoms with Gasteiger partial charge in [-0.2, -0.15) is 0 Å². The zero-order chi connectivity index (χ0) is 15.4. The van der Waals surface area contributed by atoms with E-state index in [9.17, 15) is 4.79 Å². The molecule has 0 aliphatic carbocycles. The van der Waals surface area contributed by atoms with E-state index < -0.39 is 0 Å². The van der Waals surface area contributed by atoms with Crippen LogP contribution in [0.3, 0.4) is 0 Å². The maximum atomic E-state index is 11.9. The normalized spacial score (nSPS) is 17.8. The minimum Gasteiger partial charge on any atom is -0.316 e. The fourth-order valence-electron chi connectivity index (χ4n) is 2.39. The summed E-state index contributed by atoms with van der Waals surface area (Å²) in [5.41, 5.74) is 4.11. The number of hydrogen-bond acceptors (Lipinski definition) is 4. The predicted octanol–water partition coefficient (Wildman–Crippen LogP) is 2.80. The van der Waals surface area contributed by atoms with Crippen LogP contribution in [0.25, 0.3) is 0 Å². The zero-order valence-corrected chi connectivity index (χ0v) is 12.5. The molecule has 3 rings (SSSR count). The van der Waals surface area contributed by atoms with Crippen LogP contribution in [0, 0.1) is 6.92 Å². The van der Waals surface area contributed by atoms with E-state index in [2.05, 4.69) is 10.5 Å². The fraction of sp³-hybridized carbons (Fsp3) is 0.222. The highest BCUT2D eigenvalue weighted by Crippen LogP contribution is 2.15. The monoisotopic (exact) mass is 294 g/mol. The van der Waals surface area contributed by atoms with Gasteiger partial charge in [0, 0.05) is 13.0 Å². The Bertz CT molecular complexity index is 678. The minimum atomic E-state index is -0.367. The second-order valence-electron chi connectivity index (χ2n) is 5.44. The summed E-state index contributed by atoms with van der Waals surface area (Å²) >= 11 is 0. The van der Waals surface area contributed by atoms with Crippen LogP contribution < -0.4 is 5.32 Å². The molecule has 1 N–H and O–H groups in total. The third kappa shape index (κ3) is 3.40. The molecule has 0 fully saturated rings. The Labute approximate surface area is 129 Å². The Morgan fingerprint density at radius 2 is 1.86 bits per heavy atom. The lowest BCUT2D eigenvalue weighted by Gasteiger charge is -2.21. The molecule has 1 atom stereocenters.